The van der Waals surface area contributed by atoms with Gasteiger partial charge in [-0.05, 0) is 22.2 Å². The molecule has 4 atom stereocenters. The maximum atomic E-state index is 13.4. The second kappa shape index (κ2) is 85.1. The fraction of sp³-hybridized carbons (Fsp3) is 0.694. The number of hydrogen-bond acceptors (Lipinski definition) is 30. The number of halogens is 2. The predicted octanol–water partition coefficient (Wildman–Crippen LogP) is -15.4. The van der Waals surface area contributed by atoms with E-state index < -0.39 is 96.2 Å². The Bertz CT molecular complexity index is 2970. The molecule has 0 aliphatic heterocycles. The Morgan fingerprint density at radius 2 is 0.627 bits per heavy atom. The van der Waals surface area contributed by atoms with E-state index in [2.05, 4.69) is 138 Å². The molecule has 674 valence electrons. The van der Waals surface area contributed by atoms with Crippen LogP contribution in [0, 0.1) is 0 Å². The van der Waals surface area contributed by atoms with Gasteiger partial charge in [-0.3, -0.25) is 47.9 Å². The minimum absolute atomic E-state index is 0. The third-order valence-corrected chi connectivity index (χ3v) is 15.5. The number of esters is 2. The van der Waals surface area contributed by atoms with Gasteiger partial charge < -0.3 is 173 Å². The number of hydrogen-bond donors (Lipinski definition) is 24. The molecule has 2 rings (SSSR count). The number of nitrogens with zero attached hydrogens (tertiary/aromatic N) is 6. The van der Waals surface area contributed by atoms with E-state index in [9.17, 15) is 47.9 Å². The molecule has 0 saturated heterocycles. The summed E-state index contributed by atoms with van der Waals surface area (Å²) in [5, 5.41) is 66.6. The van der Waals surface area contributed by atoms with E-state index in [4.69, 9.17) is 41.5 Å². The normalized spacial score (nSPS) is 11.5. The molecular weight excluding hydrogens is 1580 g/mol. The average molecular weight is 1720 g/mol. The number of carbonyl (C=O) groups excluding carboxylic acids is 10. The minimum atomic E-state index is -1.39. The van der Waals surface area contributed by atoms with E-state index in [-0.39, 0.29) is 110 Å². The van der Waals surface area contributed by atoms with Crippen LogP contribution in [-0.2, 0) is 80.1 Å². The summed E-state index contributed by atoms with van der Waals surface area (Å²) >= 11 is 0. The van der Waals surface area contributed by atoms with E-state index in [1.807, 2.05) is 12.1 Å². The molecule has 0 radical (unpaired) electrons. The van der Waals surface area contributed by atoms with Crippen molar-refractivity contribution in [3.63, 3.8) is 0 Å². The predicted molar refractivity (Wildman–Crippen MR) is 440 cm³/mol. The van der Waals surface area contributed by atoms with Crippen molar-refractivity contribution in [2.24, 2.45) is 21.7 Å². The molecule has 46 heteroatoms. The first-order chi connectivity index (χ1) is 56.4. The van der Waals surface area contributed by atoms with Gasteiger partial charge in [0.1, 0.15) is 37.4 Å². The fourth-order valence-corrected chi connectivity index (χ4v) is 9.68. The van der Waals surface area contributed by atoms with Crippen LogP contribution in [0.3, 0.4) is 0 Å². The Labute approximate surface area is 705 Å². The van der Waals surface area contributed by atoms with Gasteiger partial charge >= 0.3 is 11.9 Å². The summed E-state index contributed by atoms with van der Waals surface area (Å²) in [5.74, 6) is -6.66. The number of carbonyl (C=O) groups is 10. The van der Waals surface area contributed by atoms with Crippen molar-refractivity contribution >= 4 is 59.2 Å². The molecule has 0 aromatic heterocycles. The molecule has 0 aliphatic rings. The van der Waals surface area contributed by atoms with Gasteiger partial charge in [-0.25, -0.2) is 0 Å². The van der Waals surface area contributed by atoms with Gasteiger partial charge in [-0.1, -0.05) is 70.9 Å². The van der Waals surface area contributed by atoms with E-state index in [1.165, 1.54) is 13.8 Å². The van der Waals surface area contributed by atoms with Crippen molar-refractivity contribution in [3.8, 4) is 0 Å². The lowest BCUT2D eigenvalue weighted by Crippen LogP contribution is -3.00. The molecular formula is C72H138Cl2N30O14. The van der Waals surface area contributed by atoms with Crippen molar-refractivity contribution in [1.82, 2.24) is 106 Å². The number of quaternary nitrogens is 2. The molecule has 118 heavy (non-hydrogen) atoms. The van der Waals surface area contributed by atoms with Crippen LogP contribution in [0.25, 0.3) is 20.9 Å². The summed E-state index contributed by atoms with van der Waals surface area (Å²) in [4.78, 5) is 132. The molecule has 0 bridgehead atoms. The fourth-order valence-electron chi connectivity index (χ4n) is 9.68. The second-order valence-electron chi connectivity index (χ2n) is 25.4. The molecule has 0 heterocycles. The van der Waals surface area contributed by atoms with Crippen LogP contribution in [-0.4, -0.2) is 332 Å². The maximum Gasteiger partial charge on any atom is 0.308 e. The summed E-state index contributed by atoms with van der Waals surface area (Å²) in [7, 11) is 0. The number of benzene rings is 2. The number of rotatable bonds is 73. The number of ether oxygens (including phenoxy) is 4. The molecule has 44 nitrogen and oxygen atoms in total. The van der Waals surface area contributed by atoms with Crippen LogP contribution in [0.4, 0.5) is 0 Å². The second-order valence-corrected chi connectivity index (χ2v) is 25.4. The Morgan fingerprint density at radius 1 is 0.356 bits per heavy atom. The van der Waals surface area contributed by atoms with Gasteiger partial charge in [-0.15, -0.1) is 0 Å². The number of nitrogens with one attached hydrogen (secondary N) is 20. The van der Waals surface area contributed by atoms with Crippen LogP contribution in [0.5, 0.6) is 0 Å². The molecule has 0 spiro atoms. The number of azide groups is 2. The monoisotopic (exact) mass is 1720 g/mol. The largest absolute Gasteiger partial charge is 1.00 e. The van der Waals surface area contributed by atoms with Gasteiger partial charge in [0.2, 0.25) is 47.3 Å². The van der Waals surface area contributed by atoms with E-state index in [0.717, 1.165) is 155 Å². The average Bonchev–Trinajstić information content (AvgIpc) is 0.879. The third-order valence-electron chi connectivity index (χ3n) is 15.5. The van der Waals surface area contributed by atoms with Crippen molar-refractivity contribution in [2.75, 3.05) is 249 Å². The van der Waals surface area contributed by atoms with Crippen molar-refractivity contribution in [3.05, 3.63) is 92.7 Å². The highest BCUT2D eigenvalue weighted by Gasteiger charge is 2.32. The lowest BCUT2D eigenvalue weighted by Gasteiger charge is -2.22. The van der Waals surface area contributed by atoms with Gasteiger partial charge in [0.15, 0.2) is 0 Å². The van der Waals surface area contributed by atoms with Crippen molar-refractivity contribution in [1.29, 1.82) is 0 Å². The zero-order chi connectivity index (χ0) is 85.2. The molecule has 2 aromatic carbocycles. The van der Waals surface area contributed by atoms with Crippen LogP contribution in [0.2, 0.25) is 0 Å². The standard InChI is InChI=1S/C34H74N18O6.C28H34N6O8.C10H28N6.2ClH/c1-28(53)50-30(27-32(55)47-21-19-45-17-15-43-13-11-41-9-7-39-5-3-36)34(57)51-29(33(56)48-22-24-58-25-23-49-52-37)26-31(54)46-20-18-44-16-14-42-12-10-40-8-6-38-4-2-35;1-20(35)32-24(17-26(37)42-19-22-10-6-3-7-11-22)28(39)33-23(27(38)30-12-14-40-15-13-31-34-29)16-25(36)41-18-21-8-4-2-5-9-21;11-1-3-13-5-7-15-9-10-16-8-6-14-4-2-12;;/h29-30,38-45H,2-27,35-36H2,1H3,(H,46,54)(H,47,55)(H,48,56)(H,50,53)(H,51,57);2-11,23-24H,12-19H2,1H3,(H,30,38)(H,32,35)(H,33,39);13-16H,1-12H2;2*1H/t29-,30+;23-,24+;;;/m00.../s1. The van der Waals surface area contributed by atoms with Gasteiger partial charge in [0, 0.05) is 233 Å². The smallest absolute Gasteiger partial charge is 0.308 e. The topological polar surface area (TPSA) is 653 Å². The van der Waals surface area contributed by atoms with E-state index in [0.29, 0.717) is 45.8 Å². The van der Waals surface area contributed by atoms with E-state index >= 15 is 0 Å². The Hall–Kier alpha value is -8.38. The minimum Gasteiger partial charge on any atom is -1.00 e. The summed E-state index contributed by atoms with van der Waals surface area (Å²) in [6.07, 6.45) is -1.80. The molecule has 0 unspecified atom stereocenters. The van der Waals surface area contributed by atoms with E-state index in [1.54, 1.807) is 48.5 Å². The molecule has 2 aromatic rings. The highest BCUT2D eigenvalue weighted by molar-refractivity contribution is 5.97. The van der Waals surface area contributed by atoms with Crippen LogP contribution < -0.4 is 154 Å². The maximum absolute atomic E-state index is 13.4. The zero-order valence-electron chi connectivity index (χ0n) is 68.9. The van der Waals surface area contributed by atoms with Crippen LogP contribution in [0.1, 0.15) is 50.7 Å². The third kappa shape index (κ3) is 74.0. The van der Waals surface area contributed by atoms with Crippen molar-refractivity contribution < 1.29 is 103 Å². The van der Waals surface area contributed by atoms with Gasteiger partial charge in [0.05, 0.1) is 65.2 Å². The molecule has 0 fully saturated rings. The van der Waals surface area contributed by atoms with Crippen molar-refractivity contribution in [2.45, 2.75) is 76.9 Å². The lowest BCUT2D eigenvalue weighted by atomic mass is 10.1. The lowest BCUT2D eigenvalue weighted by molar-refractivity contribution is -0.365. The van der Waals surface area contributed by atoms with Crippen LogP contribution in [0.15, 0.2) is 70.9 Å². The first kappa shape index (κ1) is 114. The molecule has 30 N–H and O–H groups in total. The Kier molecular flexibility index (Phi) is 82.0. The number of amides is 8. The van der Waals surface area contributed by atoms with Gasteiger partial charge in [0.25, 0.3) is 0 Å². The molecule has 8 amide bonds. The summed E-state index contributed by atoms with van der Waals surface area (Å²) in [5.41, 5.74) is 36.4. The SMILES string of the molecule is CC(=O)N[C@H](CC(=O)NCCNCCNCCNCCNCC[NH3+])C(=O)N[C@@H](CC(=O)NCCNCCNCCNCCNCC[NH3+])C(=O)NCCOCCN=[N+]=[N-].CC(=O)N[C@H](CC(=O)OCc1ccccc1)C(=O)N[C@@H](CC(=O)OCc1ccccc1)C(=O)NCCOCCN=[N+]=[N-].NCCNCCNCCNCCNCCN.[Cl-].[Cl-]. The van der Waals surface area contributed by atoms with Crippen LogP contribution >= 0.6 is 0 Å². The first-order valence-electron chi connectivity index (χ1n) is 39.7. The quantitative estimate of drug-likeness (QED) is 0.00961. The molecule has 0 aliphatic carbocycles. The first-order valence-corrected chi connectivity index (χ1v) is 39.7. The Balaban J connectivity index is -0.00000191. The molecule has 0 saturated carbocycles. The number of nitrogens with two attached hydrogens (primary N) is 2. The highest BCUT2D eigenvalue weighted by atomic mass is 35.5. The highest BCUT2D eigenvalue weighted by Crippen LogP contribution is 2.08. The zero-order valence-corrected chi connectivity index (χ0v) is 70.4. The summed E-state index contributed by atoms with van der Waals surface area (Å²) in [6.45, 7) is 27.2. The summed E-state index contributed by atoms with van der Waals surface area (Å²) in [6, 6.07) is 12.4. The Morgan fingerprint density at radius 3 is 0.915 bits per heavy atom. The van der Waals surface area contributed by atoms with Gasteiger partial charge in [-0.2, -0.15) is 0 Å². The summed E-state index contributed by atoms with van der Waals surface area (Å²) < 4.78 is 21.0.